The molecule has 5 aromatic carbocycles. The topological polar surface area (TPSA) is 48.0 Å². The summed E-state index contributed by atoms with van der Waals surface area (Å²) in [4.78, 5) is 14.6. The van der Waals surface area contributed by atoms with Crippen molar-refractivity contribution in [2.45, 2.75) is 57.6 Å². The molecule has 0 fully saturated rings. The number of carbonyl (C=O) groups excluding carboxylic acids is 1. The first-order valence-corrected chi connectivity index (χ1v) is 17.9. The van der Waals surface area contributed by atoms with E-state index in [9.17, 15) is 4.79 Å². The maximum Gasteiger partial charge on any atom is 0.335 e. The van der Waals surface area contributed by atoms with E-state index in [-0.39, 0.29) is 12.0 Å². The van der Waals surface area contributed by atoms with Crippen LogP contribution in [-0.2, 0) is 40.0 Å². The van der Waals surface area contributed by atoms with Crippen molar-refractivity contribution in [2.75, 3.05) is 33.9 Å². The Morgan fingerprint density at radius 1 is 0.760 bits per heavy atom. The summed E-state index contributed by atoms with van der Waals surface area (Å²) in [5.74, 6) is 0.791. The second-order valence-electron chi connectivity index (χ2n) is 13.3. The number of carbonyl (C=O) groups is 1. The van der Waals surface area contributed by atoms with Crippen molar-refractivity contribution in [3.05, 3.63) is 171 Å². The van der Waals surface area contributed by atoms with Gasteiger partial charge in [0.1, 0.15) is 12.4 Å². The van der Waals surface area contributed by atoms with Gasteiger partial charge in [-0.3, -0.25) is 4.90 Å². The van der Waals surface area contributed by atoms with E-state index in [2.05, 4.69) is 116 Å². The van der Waals surface area contributed by atoms with Gasteiger partial charge in [-0.25, -0.2) is 4.79 Å². The van der Waals surface area contributed by atoms with Crippen LogP contribution >= 0.6 is 0 Å². The molecule has 5 aromatic rings. The van der Waals surface area contributed by atoms with Gasteiger partial charge in [-0.2, -0.15) is 0 Å². The molecule has 50 heavy (non-hydrogen) atoms. The van der Waals surface area contributed by atoms with Crippen molar-refractivity contribution in [3.63, 3.8) is 0 Å². The fraction of sp³-hybridized carbons (Fsp3) is 0.311. The van der Waals surface area contributed by atoms with Gasteiger partial charge in [-0.15, -0.1) is 0 Å². The Morgan fingerprint density at radius 3 is 2.08 bits per heavy atom. The van der Waals surface area contributed by atoms with Gasteiger partial charge in [0.25, 0.3) is 0 Å². The molecule has 1 aliphatic rings. The Hall–Kier alpha value is -4.71. The fourth-order valence-electron chi connectivity index (χ4n) is 7.18. The van der Waals surface area contributed by atoms with Gasteiger partial charge in [0, 0.05) is 26.0 Å². The molecule has 0 heterocycles. The number of methoxy groups -OCH3 is 1. The maximum absolute atomic E-state index is 12.2. The van der Waals surface area contributed by atoms with Crippen LogP contribution in [-0.4, -0.2) is 50.9 Å². The van der Waals surface area contributed by atoms with Gasteiger partial charge in [-0.1, -0.05) is 116 Å². The maximum atomic E-state index is 12.2. The molecule has 0 saturated heterocycles. The lowest BCUT2D eigenvalue weighted by Gasteiger charge is -2.31. The molecule has 5 nitrogen and oxygen atoms in total. The third-order valence-corrected chi connectivity index (χ3v) is 10.0. The molecule has 1 aliphatic carbocycles. The fourth-order valence-corrected chi connectivity index (χ4v) is 7.18. The molecule has 258 valence electrons. The third-order valence-electron chi connectivity index (χ3n) is 10.0. The molecule has 0 saturated carbocycles. The van der Waals surface area contributed by atoms with Crippen LogP contribution in [0.25, 0.3) is 0 Å². The van der Waals surface area contributed by atoms with E-state index in [0.717, 1.165) is 37.1 Å². The number of likely N-dealkylation sites (N-methyl/N-ethyl adjacent to an activating group) is 1. The second kappa shape index (κ2) is 16.8. The molecule has 3 unspecified atom stereocenters. The third kappa shape index (κ3) is 8.53. The molecule has 0 radical (unpaired) electrons. The summed E-state index contributed by atoms with van der Waals surface area (Å²) < 4.78 is 16.8. The van der Waals surface area contributed by atoms with Crippen LogP contribution in [0.3, 0.4) is 0 Å². The Morgan fingerprint density at radius 2 is 1.40 bits per heavy atom. The van der Waals surface area contributed by atoms with E-state index in [1.165, 1.54) is 51.6 Å². The number of hydrogen-bond acceptors (Lipinski definition) is 5. The zero-order valence-electron chi connectivity index (χ0n) is 29.8. The Bertz CT molecular complexity index is 1840. The highest BCUT2D eigenvalue weighted by Crippen LogP contribution is 2.38. The standard InChI is InChI=1S/C45H49NO4/c1-5-49-45(47)43(48-4)30-34-16-22-40(23-17-34)50-27-26-46(3)44-41-24-18-35(28-33-12-8-6-9-13-33)29-38(41)19-20-39-31-37(21-25-42(39)44)32(2)36-14-10-7-11-15-36/h6-18,21-25,29,31-32,43-44H,5,19-20,26-28,30H2,1-4H3. The van der Waals surface area contributed by atoms with Gasteiger partial charge >= 0.3 is 5.97 Å². The molecule has 0 amide bonds. The predicted octanol–water partition coefficient (Wildman–Crippen LogP) is 8.75. The van der Waals surface area contributed by atoms with Crippen molar-refractivity contribution < 1.29 is 19.0 Å². The number of nitrogens with zero attached hydrogens (tertiary/aromatic N) is 1. The van der Waals surface area contributed by atoms with Crippen LogP contribution in [0, 0.1) is 0 Å². The SMILES string of the molecule is CCOC(=O)C(Cc1ccc(OCCN(C)C2c3ccc(Cc4ccccc4)cc3CCc3cc(C(C)c4ccccc4)ccc32)cc1)OC. The first-order chi connectivity index (χ1) is 24.4. The largest absolute Gasteiger partial charge is 0.492 e. The van der Waals surface area contributed by atoms with Crippen LogP contribution in [0.15, 0.2) is 121 Å². The van der Waals surface area contributed by atoms with E-state index in [0.29, 0.717) is 25.6 Å². The predicted molar refractivity (Wildman–Crippen MR) is 201 cm³/mol. The first-order valence-electron chi connectivity index (χ1n) is 17.9. The molecule has 0 aromatic heterocycles. The zero-order chi connectivity index (χ0) is 34.9. The summed E-state index contributed by atoms with van der Waals surface area (Å²) in [6.45, 7) is 5.75. The van der Waals surface area contributed by atoms with Crippen molar-refractivity contribution in [3.8, 4) is 5.75 Å². The van der Waals surface area contributed by atoms with Crippen LogP contribution in [0.2, 0.25) is 0 Å². The van der Waals surface area contributed by atoms with Crippen LogP contribution < -0.4 is 4.74 Å². The summed E-state index contributed by atoms with van der Waals surface area (Å²) in [5.41, 5.74) is 12.0. The molecule has 0 bridgehead atoms. The summed E-state index contributed by atoms with van der Waals surface area (Å²) in [7, 11) is 3.75. The molecular formula is C45H49NO4. The first kappa shape index (κ1) is 35.1. The molecule has 0 N–H and O–H groups in total. The normalized spacial score (nSPS) is 15.0. The average Bonchev–Trinajstić information content (AvgIpc) is 3.31. The van der Waals surface area contributed by atoms with Crippen molar-refractivity contribution in [1.82, 2.24) is 4.90 Å². The average molecular weight is 668 g/mol. The van der Waals surface area contributed by atoms with E-state index in [4.69, 9.17) is 14.2 Å². The number of aryl methyl sites for hydroxylation is 2. The lowest BCUT2D eigenvalue weighted by atomic mass is 9.87. The number of rotatable bonds is 14. The van der Waals surface area contributed by atoms with Gasteiger partial charge in [0.05, 0.1) is 12.6 Å². The second-order valence-corrected chi connectivity index (χ2v) is 13.3. The highest BCUT2D eigenvalue weighted by molar-refractivity contribution is 5.75. The Labute approximate surface area is 297 Å². The van der Waals surface area contributed by atoms with E-state index in [1.807, 2.05) is 24.3 Å². The van der Waals surface area contributed by atoms with Gasteiger partial charge in [0.15, 0.2) is 6.10 Å². The van der Waals surface area contributed by atoms with Gasteiger partial charge in [0.2, 0.25) is 0 Å². The van der Waals surface area contributed by atoms with E-state index < -0.39 is 6.10 Å². The zero-order valence-corrected chi connectivity index (χ0v) is 29.8. The number of esters is 1. The number of ether oxygens (including phenoxy) is 3. The number of fused-ring (bicyclic) bond motifs is 2. The summed E-state index contributed by atoms with van der Waals surface area (Å²) in [5, 5.41) is 0. The minimum Gasteiger partial charge on any atom is -0.492 e. The monoisotopic (exact) mass is 667 g/mol. The van der Waals surface area contributed by atoms with Gasteiger partial charge < -0.3 is 14.2 Å². The minimum atomic E-state index is -0.618. The lowest BCUT2D eigenvalue weighted by molar-refractivity contribution is -0.154. The van der Waals surface area contributed by atoms with Gasteiger partial charge in [-0.05, 0) is 95.4 Å². The van der Waals surface area contributed by atoms with Crippen molar-refractivity contribution >= 4 is 5.97 Å². The van der Waals surface area contributed by atoms with E-state index in [1.54, 1.807) is 6.92 Å². The lowest BCUT2D eigenvalue weighted by Crippen LogP contribution is -2.30. The number of benzene rings is 5. The molecule has 6 rings (SSSR count). The highest BCUT2D eigenvalue weighted by Gasteiger charge is 2.28. The molecular weight excluding hydrogens is 618 g/mol. The van der Waals surface area contributed by atoms with E-state index >= 15 is 0 Å². The van der Waals surface area contributed by atoms with Crippen LogP contribution in [0.5, 0.6) is 5.75 Å². The Balaban J connectivity index is 1.21. The minimum absolute atomic E-state index is 0.120. The summed E-state index contributed by atoms with van der Waals surface area (Å²) >= 11 is 0. The summed E-state index contributed by atoms with van der Waals surface area (Å²) in [6, 6.07) is 43.9. The molecule has 3 atom stereocenters. The molecule has 5 heteroatoms. The number of hydrogen-bond donors (Lipinski definition) is 0. The quantitative estimate of drug-likeness (QED) is 0.111. The highest BCUT2D eigenvalue weighted by atomic mass is 16.6. The Kier molecular flexibility index (Phi) is 11.8. The molecule has 0 spiro atoms. The molecule has 0 aliphatic heterocycles. The summed E-state index contributed by atoms with van der Waals surface area (Å²) in [6.07, 6.45) is 2.80. The van der Waals surface area contributed by atoms with Crippen LogP contribution in [0.1, 0.15) is 75.9 Å². The van der Waals surface area contributed by atoms with Crippen LogP contribution in [0.4, 0.5) is 0 Å². The van der Waals surface area contributed by atoms with Crippen molar-refractivity contribution in [1.29, 1.82) is 0 Å². The smallest absolute Gasteiger partial charge is 0.335 e. The van der Waals surface area contributed by atoms with Crippen molar-refractivity contribution in [2.24, 2.45) is 0 Å².